The minimum atomic E-state index is -3.95. The Hall–Kier alpha value is -2.45. The first-order chi connectivity index (χ1) is 12.4. The molecule has 1 heterocycles. The molecule has 1 aliphatic heterocycles. The molecule has 1 saturated heterocycles. The normalized spacial score (nSPS) is 17.3. The Labute approximate surface area is 151 Å². The molecular weight excluding hydrogens is 357 g/mol. The summed E-state index contributed by atoms with van der Waals surface area (Å²) in [6, 6.07) is 11.1. The summed E-state index contributed by atoms with van der Waals surface area (Å²) in [4.78, 5) is 14.2. The van der Waals surface area contributed by atoms with Gasteiger partial charge in [-0.1, -0.05) is 12.1 Å². The number of carbonyl (C=O) groups excluding carboxylic acids is 1. The van der Waals surface area contributed by atoms with Gasteiger partial charge in [0, 0.05) is 24.7 Å². The van der Waals surface area contributed by atoms with Gasteiger partial charge >= 0.3 is 0 Å². The van der Waals surface area contributed by atoms with Gasteiger partial charge in [0.1, 0.15) is 5.82 Å². The van der Waals surface area contributed by atoms with Gasteiger partial charge in [-0.05, 0) is 49.2 Å². The molecule has 2 aromatic rings. The lowest BCUT2D eigenvalue weighted by atomic mass is 10.1. The van der Waals surface area contributed by atoms with Crippen LogP contribution in [-0.2, 0) is 10.0 Å². The molecule has 1 atom stereocenters. The molecule has 0 bridgehead atoms. The van der Waals surface area contributed by atoms with E-state index in [0.29, 0.717) is 18.7 Å². The molecule has 0 saturated carbocycles. The number of anilines is 1. The lowest BCUT2D eigenvalue weighted by Crippen LogP contribution is -2.39. The standard InChI is InChI=1S/C18H20FN3O3S/c19-16-5-1-2-6-17(16)21-26(24,25)15-9-7-13(8-10-15)18(23)22-11-3-4-14(22)12-20/h1-2,5-10,14,21H,3-4,11-12,20H2. The molecule has 138 valence electrons. The highest BCUT2D eigenvalue weighted by Crippen LogP contribution is 2.22. The van der Waals surface area contributed by atoms with E-state index in [4.69, 9.17) is 5.73 Å². The van der Waals surface area contributed by atoms with Crippen molar-refractivity contribution >= 4 is 21.6 Å². The summed E-state index contributed by atoms with van der Waals surface area (Å²) in [5.74, 6) is -0.825. The van der Waals surface area contributed by atoms with E-state index in [0.717, 1.165) is 12.8 Å². The molecule has 1 unspecified atom stereocenters. The van der Waals surface area contributed by atoms with Crippen LogP contribution in [0.25, 0.3) is 0 Å². The molecule has 1 aliphatic rings. The summed E-state index contributed by atoms with van der Waals surface area (Å²) in [5, 5.41) is 0. The van der Waals surface area contributed by atoms with Gasteiger partial charge in [0.15, 0.2) is 0 Å². The van der Waals surface area contributed by atoms with E-state index < -0.39 is 15.8 Å². The Morgan fingerprint density at radius 1 is 1.19 bits per heavy atom. The first-order valence-electron chi connectivity index (χ1n) is 8.31. The van der Waals surface area contributed by atoms with Crippen LogP contribution in [0.5, 0.6) is 0 Å². The first-order valence-corrected chi connectivity index (χ1v) is 9.79. The molecule has 0 radical (unpaired) electrons. The molecular formula is C18H20FN3O3S. The fourth-order valence-corrected chi connectivity index (χ4v) is 4.11. The number of carbonyl (C=O) groups is 1. The summed E-state index contributed by atoms with van der Waals surface area (Å²) in [6.45, 7) is 1.06. The Balaban J connectivity index is 1.78. The number of nitrogens with one attached hydrogen (secondary N) is 1. The lowest BCUT2D eigenvalue weighted by Gasteiger charge is -2.23. The SMILES string of the molecule is NCC1CCCN1C(=O)c1ccc(S(=O)(=O)Nc2ccccc2F)cc1. The second-order valence-electron chi connectivity index (χ2n) is 6.14. The third-order valence-corrected chi connectivity index (χ3v) is 5.82. The van der Waals surface area contributed by atoms with Gasteiger partial charge in [0.05, 0.1) is 10.6 Å². The van der Waals surface area contributed by atoms with E-state index in [2.05, 4.69) is 4.72 Å². The smallest absolute Gasteiger partial charge is 0.261 e. The number of nitrogens with zero attached hydrogens (tertiary/aromatic N) is 1. The third-order valence-electron chi connectivity index (χ3n) is 4.44. The summed E-state index contributed by atoms with van der Waals surface area (Å²) in [5.41, 5.74) is 5.96. The Morgan fingerprint density at radius 2 is 1.88 bits per heavy atom. The maximum Gasteiger partial charge on any atom is 0.261 e. The van der Waals surface area contributed by atoms with Gasteiger partial charge in [-0.3, -0.25) is 9.52 Å². The minimum Gasteiger partial charge on any atom is -0.334 e. The molecule has 0 spiro atoms. The van der Waals surface area contributed by atoms with Crippen molar-refractivity contribution in [3.05, 3.63) is 59.9 Å². The fraction of sp³-hybridized carbons (Fsp3) is 0.278. The molecule has 3 rings (SSSR count). The van der Waals surface area contributed by atoms with Crippen molar-refractivity contribution in [1.82, 2.24) is 4.90 Å². The number of rotatable bonds is 5. The van der Waals surface area contributed by atoms with Gasteiger partial charge in [0.2, 0.25) is 0 Å². The van der Waals surface area contributed by atoms with Crippen molar-refractivity contribution in [2.24, 2.45) is 5.73 Å². The van der Waals surface area contributed by atoms with Crippen LogP contribution >= 0.6 is 0 Å². The van der Waals surface area contributed by atoms with Crippen molar-refractivity contribution in [3.63, 3.8) is 0 Å². The highest BCUT2D eigenvalue weighted by atomic mass is 32.2. The maximum atomic E-state index is 13.7. The van der Waals surface area contributed by atoms with E-state index in [1.807, 2.05) is 0 Å². The largest absolute Gasteiger partial charge is 0.334 e. The number of para-hydroxylation sites is 1. The van der Waals surface area contributed by atoms with Crippen molar-refractivity contribution < 1.29 is 17.6 Å². The van der Waals surface area contributed by atoms with Crippen LogP contribution in [0.1, 0.15) is 23.2 Å². The predicted molar refractivity (Wildman–Crippen MR) is 96.8 cm³/mol. The molecule has 1 amide bonds. The zero-order chi connectivity index (χ0) is 18.7. The average Bonchev–Trinajstić information content (AvgIpc) is 3.12. The first kappa shape index (κ1) is 18.3. The molecule has 2 aromatic carbocycles. The van der Waals surface area contributed by atoms with Crippen molar-refractivity contribution in [2.75, 3.05) is 17.8 Å². The zero-order valence-corrected chi connectivity index (χ0v) is 14.9. The molecule has 0 aliphatic carbocycles. The Kier molecular flexibility index (Phi) is 5.24. The Morgan fingerprint density at radius 3 is 2.54 bits per heavy atom. The van der Waals surface area contributed by atoms with Gasteiger partial charge in [-0.15, -0.1) is 0 Å². The second-order valence-corrected chi connectivity index (χ2v) is 7.82. The van der Waals surface area contributed by atoms with E-state index in [-0.39, 0.29) is 22.5 Å². The topological polar surface area (TPSA) is 92.5 Å². The minimum absolute atomic E-state index is 0.0219. The number of hydrogen-bond donors (Lipinski definition) is 2. The summed E-state index contributed by atoms with van der Waals surface area (Å²) >= 11 is 0. The van der Waals surface area contributed by atoms with Crippen molar-refractivity contribution in [1.29, 1.82) is 0 Å². The van der Waals surface area contributed by atoms with Gasteiger partial charge < -0.3 is 10.6 Å². The molecule has 0 aromatic heterocycles. The quantitative estimate of drug-likeness (QED) is 0.835. The molecule has 8 heteroatoms. The summed E-state index contributed by atoms with van der Waals surface area (Å²) in [6.07, 6.45) is 1.79. The van der Waals surface area contributed by atoms with Crippen LogP contribution in [0.15, 0.2) is 53.4 Å². The van der Waals surface area contributed by atoms with Crippen LogP contribution in [0.3, 0.4) is 0 Å². The number of sulfonamides is 1. The van der Waals surface area contributed by atoms with E-state index >= 15 is 0 Å². The van der Waals surface area contributed by atoms with Crippen molar-refractivity contribution in [2.45, 2.75) is 23.8 Å². The number of hydrogen-bond acceptors (Lipinski definition) is 4. The predicted octanol–water partition coefficient (Wildman–Crippen LogP) is 2.19. The maximum absolute atomic E-state index is 13.7. The zero-order valence-electron chi connectivity index (χ0n) is 14.1. The monoisotopic (exact) mass is 377 g/mol. The molecule has 6 nitrogen and oxygen atoms in total. The highest BCUT2D eigenvalue weighted by Gasteiger charge is 2.28. The van der Waals surface area contributed by atoms with Gasteiger partial charge in [-0.2, -0.15) is 0 Å². The average molecular weight is 377 g/mol. The third kappa shape index (κ3) is 3.71. The molecule has 26 heavy (non-hydrogen) atoms. The van der Waals surface area contributed by atoms with Crippen molar-refractivity contribution in [3.8, 4) is 0 Å². The number of benzene rings is 2. The van der Waals surface area contributed by atoms with E-state index in [9.17, 15) is 17.6 Å². The number of halogens is 1. The Bertz CT molecular complexity index is 900. The van der Waals surface area contributed by atoms with Gasteiger partial charge in [0.25, 0.3) is 15.9 Å². The van der Waals surface area contributed by atoms with Crippen LogP contribution in [-0.4, -0.2) is 38.4 Å². The summed E-state index contributed by atoms with van der Waals surface area (Å²) in [7, 11) is -3.95. The van der Waals surface area contributed by atoms with Crippen LogP contribution in [0.4, 0.5) is 10.1 Å². The fourth-order valence-electron chi connectivity index (χ4n) is 3.04. The number of amides is 1. The van der Waals surface area contributed by atoms with E-state index in [1.165, 1.54) is 48.5 Å². The van der Waals surface area contributed by atoms with E-state index in [1.54, 1.807) is 4.90 Å². The lowest BCUT2D eigenvalue weighted by molar-refractivity contribution is 0.0741. The molecule has 1 fully saturated rings. The van der Waals surface area contributed by atoms with Crippen LogP contribution < -0.4 is 10.5 Å². The number of nitrogens with two attached hydrogens (primary N) is 1. The van der Waals surface area contributed by atoms with Gasteiger partial charge in [-0.25, -0.2) is 12.8 Å². The number of likely N-dealkylation sites (tertiary alicyclic amines) is 1. The van der Waals surface area contributed by atoms with Crippen LogP contribution in [0, 0.1) is 5.82 Å². The summed E-state index contributed by atoms with van der Waals surface area (Å²) < 4.78 is 40.7. The molecule has 3 N–H and O–H groups in total. The highest BCUT2D eigenvalue weighted by molar-refractivity contribution is 7.92. The second kappa shape index (κ2) is 7.43. The van der Waals surface area contributed by atoms with Crippen LogP contribution in [0.2, 0.25) is 0 Å².